The number of hydrogen-bond donors (Lipinski definition) is 0. The fourth-order valence-electron chi connectivity index (χ4n) is 1.52. The number of rotatable bonds is 7. The Hall–Kier alpha value is -0.310. The molecule has 1 rings (SSSR count). The highest BCUT2D eigenvalue weighted by atomic mass is 35.5. The zero-order valence-electron chi connectivity index (χ0n) is 9.84. The lowest BCUT2D eigenvalue weighted by molar-refractivity contribution is 0.0983. The van der Waals surface area contributed by atoms with E-state index in [0.29, 0.717) is 6.42 Å². The molecule has 1 aromatic heterocycles. The summed E-state index contributed by atoms with van der Waals surface area (Å²) in [6.45, 7) is 2.16. The van der Waals surface area contributed by atoms with E-state index in [2.05, 4.69) is 6.92 Å². The first-order valence-electron chi connectivity index (χ1n) is 5.79. The molecule has 0 amide bonds. The lowest BCUT2D eigenvalue weighted by Gasteiger charge is -1.97. The van der Waals surface area contributed by atoms with Crippen LogP contribution < -0.4 is 0 Å². The van der Waals surface area contributed by atoms with Gasteiger partial charge < -0.3 is 0 Å². The van der Waals surface area contributed by atoms with E-state index in [1.165, 1.54) is 24.2 Å². The number of thiophene rings is 1. The van der Waals surface area contributed by atoms with Crippen molar-refractivity contribution in [3.8, 4) is 0 Å². The molecule has 0 saturated carbocycles. The van der Waals surface area contributed by atoms with Crippen LogP contribution in [0.2, 0.25) is 0 Å². The van der Waals surface area contributed by atoms with Crippen LogP contribution in [0, 0.1) is 0 Å². The van der Waals surface area contributed by atoms with Gasteiger partial charge in [-0.2, -0.15) is 0 Å². The summed E-state index contributed by atoms with van der Waals surface area (Å²) in [6, 6.07) is 3.71. The van der Waals surface area contributed by atoms with Crippen molar-refractivity contribution in [3.63, 3.8) is 0 Å². The molecule has 17 heavy (non-hydrogen) atoms. The topological polar surface area (TPSA) is 17.1 Å². The van der Waals surface area contributed by atoms with Crippen molar-refractivity contribution < 1.29 is 4.79 Å². The summed E-state index contributed by atoms with van der Waals surface area (Å²) in [5, 5.41) is 0. The van der Waals surface area contributed by atoms with Crippen molar-refractivity contribution in [3.05, 3.63) is 26.4 Å². The quantitative estimate of drug-likeness (QED) is 0.466. The number of carbonyl (C=O) groups excluding carboxylic acids is 1. The predicted molar refractivity (Wildman–Crippen MR) is 77.1 cm³/mol. The Kier molecular flexibility index (Phi) is 6.86. The molecule has 1 aromatic rings. The number of Topliss-reactive ketones (excluding diaryl/α,β-unsaturated/α-hetero) is 1. The van der Waals surface area contributed by atoms with Gasteiger partial charge in [0, 0.05) is 11.3 Å². The molecule has 0 N–H and O–H groups in total. The van der Waals surface area contributed by atoms with Crippen LogP contribution in [-0.2, 0) is 0 Å². The maximum Gasteiger partial charge on any atom is 0.172 e. The Morgan fingerprint density at radius 1 is 1.29 bits per heavy atom. The number of carbonyl (C=O) groups is 1. The van der Waals surface area contributed by atoms with E-state index in [1.54, 1.807) is 6.08 Å². The minimum Gasteiger partial charge on any atom is -0.293 e. The van der Waals surface area contributed by atoms with Crippen LogP contribution in [-0.4, -0.2) is 5.78 Å². The van der Waals surface area contributed by atoms with Crippen molar-refractivity contribution in [1.29, 1.82) is 0 Å². The first-order valence-corrected chi connectivity index (χ1v) is 7.36. The molecule has 94 valence electrons. The average molecular weight is 291 g/mol. The molecular formula is C13H16Cl2OS. The molecular weight excluding hydrogens is 275 g/mol. The molecule has 0 saturated heterocycles. The lowest BCUT2D eigenvalue weighted by Crippen LogP contribution is -1.95. The highest BCUT2D eigenvalue weighted by Gasteiger charge is 2.08. The summed E-state index contributed by atoms with van der Waals surface area (Å²) in [6.07, 6.45) is 6.80. The maximum atomic E-state index is 11.8. The average Bonchev–Trinajstić information content (AvgIpc) is 2.71. The third-order valence-electron chi connectivity index (χ3n) is 2.41. The molecule has 0 aliphatic rings. The van der Waals surface area contributed by atoms with Gasteiger partial charge in [0.25, 0.3) is 0 Å². The van der Waals surface area contributed by atoms with Crippen LogP contribution in [0.25, 0.3) is 6.08 Å². The van der Waals surface area contributed by atoms with Crippen LogP contribution in [0.1, 0.15) is 53.6 Å². The number of hydrogen-bond acceptors (Lipinski definition) is 2. The normalized spacial score (nSPS) is 10.3. The SMILES string of the molecule is CCCCCCC(=O)c1ccc(C=C(Cl)Cl)s1. The lowest BCUT2D eigenvalue weighted by atomic mass is 10.1. The summed E-state index contributed by atoms with van der Waals surface area (Å²) < 4.78 is 0.216. The zero-order valence-corrected chi connectivity index (χ0v) is 12.2. The predicted octanol–water partition coefficient (Wildman–Crippen LogP) is 5.68. The molecule has 4 heteroatoms. The molecule has 1 nitrogen and oxygen atoms in total. The first-order chi connectivity index (χ1) is 8.13. The minimum atomic E-state index is 0.216. The highest BCUT2D eigenvalue weighted by Crippen LogP contribution is 2.23. The molecule has 1 heterocycles. The number of ketones is 1. The van der Waals surface area contributed by atoms with Gasteiger partial charge in [-0.05, 0) is 24.6 Å². The van der Waals surface area contributed by atoms with Gasteiger partial charge in [0.05, 0.1) is 4.88 Å². The maximum absolute atomic E-state index is 11.8. The zero-order chi connectivity index (χ0) is 12.7. The van der Waals surface area contributed by atoms with E-state index < -0.39 is 0 Å². The van der Waals surface area contributed by atoms with E-state index in [0.717, 1.165) is 22.6 Å². The van der Waals surface area contributed by atoms with Crippen molar-refractivity contribution in [2.75, 3.05) is 0 Å². The third kappa shape index (κ3) is 5.71. The fourth-order valence-corrected chi connectivity index (χ4v) is 2.81. The molecule has 0 bridgehead atoms. The number of unbranched alkanes of at least 4 members (excludes halogenated alkanes) is 3. The van der Waals surface area contributed by atoms with Crippen molar-refractivity contribution in [1.82, 2.24) is 0 Å². The Morgan fingerprint density at radius 3 is 2.71 bits per heavy atom. The van der Waals surface area contributed by atoms with E-state index in [-0.39, 0.29) is 10.3 Å². The van der Waals surface area contributed by atoms with Gasteiger partial charge in [-0.15, -0.1) is 11.3 Å². The van der Waals surface area contributed by atoms with Gasteiger partial charge in [-0.25, -0.2) is 0 Å². The van der Waals surface area contributed by atoms with E-state index in [4.69, 9.17) is 23.2 Å². The summed E-state index contributed by atoms with van der Waals surface area (Å²) in [4.78, 5) is 13.5. The highest BCUT2D eigenvalue weighted by molar-refractivity contribution is 7.15. The third-order valence-corrected chi connectivity index (χ3v) is 3.70. The van der Waals surface area contributed by atoms with Gasteiger partial charge in [-0.1, -0.05) is 49.4 Å². The molecule has 0 radical (unpaired) electrons. The largest absolute Gasteiger partial charge is 0.293 e. The van der Waals surface area contributed by atoms with E-state index >= 15 is 0 Å². The van der Waals surface area contributed by atoms with Gasteiger partial charge >= 0.3 is 0 Å². The molecule has 0 aliphatic heterocycles. The smallest absolute Gasteiger partial charge is 0.172 e. The van der Waals surface area contributed by atoms with Gasteiger partial charge in [0.15, 0.2) is 5.78 Å². The molecule has 0 spiro atoms. The van der Waals surface area contributed by atoms with Crippen molar-refractivity contribution >= 4 is 46.4 Å². The van der Waals surface area contributed by atoms with Crippen LogP contribution in [0.15, 0.2) is 16.6 Å². The Morgan fingerprint density at radius 2 is 2.06 bits per heavy atom. The van der Waals surface area contributed by atoms with Gasteiger partial charge in [0.2, 0.25) is 0 Å². The standard InChI is InChI=1S/C13H16Cl2OS/c1-2-3-4-5-6-11(16)12-8-7-10(17-12)9-13(14)15/h7-9H,2-6H2,1H3. The number of halogens is 2. The van der Waals surface area contributed by atoms with Gasteiger partial charge in [0.1, 0.15) is 4.49 Å². The fraction of sp³-hybridized carbons (Fsp3) is 0.462. The summed E-state index contributed by atoms with van der Waals surface area (Å²) in [5.74, 6) is 0.219. The van der Waals surface area contributed by atoms with Crippen LogP contribution in [0.4, 0.5) is 0 Å². The summed E-state index contributed by atoms with van der Waals surface area (Å²) >= 11 is 12.6. The van der Waals surface area contributed by atoms with E-state index in [1.807, 2.05) is 12.1 Å². The second-order valence-electron chi connectivity index (χ2n) is 3.87. The van der Waals surface area contributed by atoms with Crippen molar-refractivity contribution in [2.45, 2.75) is 39.0 Å². The summed E-state index contributed by atoms with van der Waals surface area (Å²) in [5.41, 5.74) is 0. The van der Waals surface area contributed by atoms with Crippen LogP contribution >= 0.6 is 34.5 Å². The first kappa shape index (κ1) is 14.7. The molecule has 0 fully saturated rings. The van der Waals surface area contributed by atoms with E-state index in [9.17, 15) is 4.79 Å². The van der Waals surface area contributed by atoms with Gasteiger partial charge in [-0.3, -0.25) is 4.79 Å². The molecule has 0 atom stereocenters. The minimum absolute atomic E-state index is 0.216. The molecule has 0 aromatic carbocycles. The Balaban J connectivity index is 2.47. The Bertz CT molecular complexity index is 392. The Labute approximate surface area is 116 Å². The molecule has 0 unspecified atom stereocenters. The second kappa shape index (κ2) is 7.91. The van der Waals surface area contributed by atoms with Crippen molar-refractivity contribution in [2.24, 2.45) is 0 Å². The van der Waals surface area contributed by atoms with Crippen LogP contribution in [0.5, 0.6) is 0 Å². The monoisotopic (exact) mass is 290 g/mol. The van der Waals surface area contributed by atoms with Crippen LogP contribution in [0.3, 0.4) is 0 Å². The second-order valence-corrected chi connectivity index (χ2v) is 5.99. The molecule has 0 aliphatic carbocycles. The summed E-state index contributed by atoms with van der Waals surface area (Å²) in [7, 11) is 0.